The fourth-order valence-corrected chi connectivity index (χ4v) is 2.88. The van der Waals surface area contributed by atoms with Crippen molar-refractivity contribution in [2.24, 2.45) is 5.92 Å². The molecule has 2 aromatic carbocycles. The van der Waals surface area contributed by atoms with Crippen molar-refractivity contribution in [1.29, 1.82) is 0 Å². The number of aryl methyl sites for hydroxylation is 2. The smallest absolute Gasteiger partial charge is 0.251 e. The SMILES string of the molecule is CC(NC(=O)c1ccccc1CCc1ccccc1)C1CC1. The Morgan fingerprint density at radius 2 is 1.73 bits per heavy atom. The minimum absolute atomic E-state index is 0.0723. The summed E-state index contributed by atoms with van der Waals surface area (Å²) in [6, 6.07) is 18.7. The second-order valence-corrected chi connectivity index (χ2v) is 6.24. The summed E-state index contributed by atoms with van der Waals surface area (Å²) >= 11 is 0. The van der Waals surface area contributed by atoms with Gasteiger partial charge in [0.2, 0.25) is 0 Å². The van der Waals surface area contributed by atoms with Gasteiger partial charge in [0.15, 0.2) is 0 Å². The highest BCUT2D eigenvalue weighted by molar-refractivity contribution is 5.95. The van der Waals surface area contributed by atoms with Gasteiger partial charge in [-0.25, -0.2) is 0 Å². The molecule has 22 heavy (non-hydrogen) atoms. The van der Waals surface area contributed by atoms with Gasteiger partial charge in [-0.05, 0) is 55.7 Å². The van der Waals surface area contributed by atoms with Gasteiger partial charge in [-0.2, -0.15) is 0 Å². The first kappa shape index (κ1) is 14.8. The number of rotatable bonds is 6. The molecule has 2 heteroatoms. The number of amides is 1. The normalized spacial score (nSPS) is 15.3. The Bertz CT molecular complexity index is 631. The van der Waals surface area contributed by atoms with Gasteiger partial charge >= 0.3 is 0 Å². The lowest BCUT2D eigenvalue weighted by Crippen LogP contribution is -2.34. The van der Waals surface area contributed by atoms with Gasteiger partial charge in [0.05, 0.1) is 0 Å². The van der Waals surface area contributed by atoms with Gasteiger partial charge in [-0.1, -0.05) is 48.5 Å². The van der Waals surface area contributed by atoms with Crippen LogP contribution in [0.25, 0.3) is 0 Å². The molecule has 3 rings (SSSR count). The maximum Gasteiger partial charge on any atom is 0.251 e. The van der Waals surface area contributed by atoms with E-state index in [4.69, 9.17) is 0 Å². The van der Waals surface area contributed by atoms with E-state index >= 15 is 0 Å². The standard InChI is InChI=1S/C20H23NO/c1-15(17-13-14-17)21-20(22)19-10-6-5-9-18(19)12-11-16-7-3-2-4-8-16/h2-10,15,17H,11-14H2,1H3,(H,21,22). The van der Waals surface area contributed by atoms with Crippen molar-refractivity contribution in [2.75, 3.05) is 0 Å². The largest absolute Gasteiger partial charge is 0.349 e. The van der Waals surface area contributed by atoms with Crippen LogP contribution in [0.3, 0.4) is 0 Å². The Morgan fingerprint density at radius 3 is 2.45 bits per heavy atom. The van der Waals surface area contributed by atoms with Crippen LogP contribution in [0.4, 0.5) is 0 Å². The molecule has 0 saturated heterocycles. The van der Waals surface area contributed by atoms with Crippen LogP contribution >= 0.6 is 0 Å². The molecule has 1 N–H and O–H groups in total. The first-order chi connectivity index (χ1) is 10.7. The van der Waals surface area contributed by atoms with Crippen LogP contribution in [0.5, 0.6) is 0 Å². The van der Waals surface area contributed by atoms with E-state index in [1.54, 1.807) is 0 Å². The van der Waals surface area contributed by atoms with Crippen molar-refractivity contribution in [3.05, 3.63) is 71.3 Å². The van der Waals surface area contributed by atoms with E-state index in [-0.39, 0.29) is 11.9 Å². The van der Waals surface area contributed by atoms with E-state index < -0.39 is 0 Å². The van der Waals surface area contributed by atoms with Crippen LogP contribution in [0.15, 0.2) is 54.6 Å². The van der Waals surface area contributed by atoms with Crippen molar-refractivity contribution in [2.45, 2.75) is 38.6 Å². The topological polar surface area (TPSA) is 29.1 Å². The van der Waals surface area contributed by atoms with E-state index in [2.05, 4.69) is 42.6 Å². The minimum atomic E-state index is 0.0723. The maximum absolute atomic E-state index is 12.5. The average molecular weight is 293 g/mol. The van der Waals surface area contributed by atoms with Crippen molar-refractivity contribution < 1.29 is 4.79 Å². The lowest BCUT2D eigenvalue weighted by molar-refractivity contribution is 0.0935. The van der Waals surface area contributed by atoms with E-state index in [1.165, 1.54) is 18.4 Å². The summed E-state index contributed by atoms with van der Waals surface area (Å²) in [5, 5.41) is 3.16. The van der Waals surface area contributed by atoms with Gasteiger partial charge < -0.3 is 5.32 Å². The lowest BCUT2D eigenvalue weighted by atomic mass is 9.99. The third-order valence-corrected chi connectivity index (χ3v) is 4.48. The average Bonchev–Trinajstić information content (AvgIpc) is 3.39. The number of hydrogen-bond donors (Lipinski definition) is 1. The van der Waals surface area contributed by atoms with Crippen LogP contribution in [0.2, 0.25) is 0 Å². The van der Waals surface area contributed by atoms with Crippen molar-refractivity contribution >= 4 is 5.91 Å². The van der Waals surface area contributed by atoms with Gasteiger partial charge in [0, 0.05) is 11.6 Å². The predicted octanol–water partition coefficient (Wildman–Crippen LogP) is 4.00. The first-order valence-corrected chi connectivity index (χ1v) is 8.17. The Morgan fingerprint density at radius 1 is 1.05 bits per heavy atom. The van der Waals surface area contributed by atoms with Crippen LogP contribution in [-0.2, 0) is 12.8 Å². The Labute approximate surface area is 132 Å². The van der Waals surface area contributed by atoms with E-state index in [9.17, 15) is 4.79 Å². The molecular formula is C20H23NO. The number of nitrogens with one attached hydrogen (secondary N) is 1. The summed E-state index contributed by atoms with van der Waals surface area (Å²) in [5.41, 5.74) is 3.27. The molecule has 1 unspecified atom stereocenters. The van der Waals surface area contributed by atoms with Crippen molar-refractivity contribution in [3.63, 3.8) is 0 Å². The summed E-state index contributed by atoms with van der Waals surface area (Å²) in [7, 11) is 0. The summed E-state index contributed by atoms with van der Waals surface area (Å²) in [4.78, 5) is 12.5. The lowest BCUT2D eigenvalue weighted by Gasteiger charge is -2.15. The monoisotopic (exact) mass is 293 g/mol. The fourth-order valence-electron chi connectivity index (χ4n) is 2.88. The number of benzene rings is 2. The molecular weight excluding hydrogens is 270 g/mol. The third-order valence-electron chi connectivity index (χ3n) is 4.48. The molecule has 1 saturated carbocycles. The molecule has 1 atom stereocenters. The van der Waals surface area contributed by atoms with Crippen LogP contribution in [-0.4, -0.2) is 11.9 Å². The van der Waals surface area contributed by atoms with Crippen LogP contribution in [0, 0.1) is 5.92 Å². The van der Waals surface area contributed by atoms with Crippen molar-refractivity contribution in [3.8, 4) is 0 Å². The summed E-state index contributed by atoms with van der Waals surface area (Å²) in [6.45, 7) is 2.11. The molecule has 1 aliphatic carbocycles. The van der Waals surface area contributed by atoms with E-state index in [0.29, 0.717) is 5.92 Å². The van der Waals surface area contributed by atoms with Gasteiger partial charge in [-0.15, -0.1) is 0 Å². The van der Waals surface area contributed by atoms with Crippen molar-refractivity contribution in [1.82, 2.24) is 5.32 Å². The second kappa shape index (κ2) is 6.78. The molecule has 0 heterocycles. The molecule has 0 aromatic heterocycles. The van der Waals surface area contributed by atoms with Gasteiger partial charge in [0.1, 0.15) is 0 Å². The summed E-state index contributed by atoms with van der Waals surface area (Å²) < 4.78 is 0. The molecule has 2 aromatic rings. The Kier molecular flexibility index (Phi) is 4.57. The molecule has 1 amide bonds. The molecule has 0 bridgehead atoms. The predicted molar refractivity (Wildman–Crippen MR) is 89.9 cm³/mol. The highest BCUT2D eigenvalue weighted by Crippen LogP contribution is 2.32. The van der Waals surface area contributed by atoms with Gasteiger partial charge in [-0.3, -0.25) is 4.79 Å². The second-order valence-electron chi connectivity index (χ2n) is 6.24. The quantitative estimate of drug-likeness (QED) is 0.857. The number of hydrogen-bond acceptors (Lipinski definition) is 1. The zero-order valence-corrected chi connectivity index (χ0v) is 13.1. The minimum Gasteiger partial charge on any atom is -0.349 e. The van der Waals surface area contributed by atoms with E-state index in [0.717, 1.165) is 24.0 Å². The Balaban J connectivity index is 1.67. The number of carbonyl (C=O) groups is 1. The molecule has 2 nitrogen and oxygen atoms in total. The summed E-state index contributed by atoms with van der Waals surface area (Å²) in [5.74, 6) is 0.753. The van der Waals surface area contributed by atoms with Crippen LogP contribution < -0.4 is 5.32 Å². The van der Waals surface area contributed by atoms with Crippen LogP contribution in [0.1, 0.15) is 41.3 Å². The zero-order valence-electron chi connectivity index (χ0n) is 13.1. The van der Waals surface area contributed by atoms with Gasteiger partial charge in [0.25, 0.3) is 5.91 Å². The highest BCUT2D eigenvalue weighted by Gasteiger charge is 2.29. The molecule has 114 valence electrons. The molecule has 0 aliphatic heterocycles. The summed E-state index contributed by atoms with van der Waals surface area (Å²) in [6.07, 6.45) is 4.35. The Hall–Kier alpha value is -2.09. The zero-order chi connectivity index (χ0) is 15.4. The fraction of sp³-hybridized carbons (Fsp3) is 0.350. The molecule has 0 spiro atoms. The third kappa shape index (κ3) is 3.76. The number of carbonyl (C=O) groups excluding carboxylic acids is 1. The molecule has 0 radical (unpaired) electrons. The van der Waals surface area contributed by atoms with E-state index in [1.807, 2.05) is 24.3 Å². The molecule has 1 aliphatic rings. The maximum atomic E-state index is 12.5. The highest BCUT2D eigenvalue weighted by atomic mass is 16.1. The molecule has 1 fully saturated rings. The first-order valence-electron chi connectivity index (χ1n) is 8.17.